The van der Waals surface area contributed by atoms with Crippen LogP contribution in [0, 0.1) is 0 Å². The Morgan fingerprint density at radius 1 is 0.800 bits per heavy atom. The van der Waals surface area contributed by atoms with E-state index in [1.165, 1.54) is 64.0 Å². The maximum Gasteiger partial charge on any atom is 0.0949 e. The number of likely N-dealkylation sites (tertiary alicyclic amines) is 1. The first kappa shape index (κ1) is 18.7. The standard InChI is InChI=1S/C22H28N2.HI/c1-3-11-21(12-4-1)24(16-15-23-13-7-2-8-14-23)22-17-19-9-5-6-10-20(19)18-22;/h1,3-6,9-12,22H,2,7-8,13-18H2;1H. The Hall–Kier alpha value is -1.07. The van der Waals surface area contributed by atoms with Crippen molar-refractivity contribution in [1.29, 1.82) is 0 Å². The average molecular weight is 448 g/mol. The van der Waals surface area contributed by atoms with Gasteiger partial charge in [0, 0.05) is 11.7 Å². The fourth-order valence-electron chi connectivity index (χ4n) is 4.48. The van der Waals surface area contributed by atoms with Crippen molar-refractivity contribution in [1.82, 2.24) is 0 Å². The average Bonchev–Trinajstić information content (AvgIpc) is 3.07. The van der Waals surface area contributed by atoms with Gasteiger partial charge in [0.1, 0.15) is 0 Å². The predicted molar refractivity (Wildman–Crippen MR) is 101 cm³/mol. The van der Waals surface area contributed by atoms with Crippen LogP contribution in [-0.2, 0) is 12.8 Å². The molecule has 0 spiro atoms. The number of piperidine rings is 1. The molecule has 0 amide bonds. The first-order valence-corrected chi connectivity index (χ1v) is 9.62. The number of halogens is 1. The zero-order chi connectivity index (χ0) is 16.2. The minimum absolute atomic E-state index is 0. The lowest BCUT2D eigenvalue weighted by Gasteiger charge is -2.33. The molecule has 0 unspecified atom stereocenters. The van der Waals surface area contributed by atoms with Crippen LogP contribution in [0.15, 0.2) is 54.6 Å². The van der Waals surface area contributed by atoms with Gasteiger partial charge in [-0.3, -0.25) is 0 Å². The van der Waals surface area contributed by atoms with Crippen molar-refractivity contribution in [3.8, 4) is 0 Å². The number of para-hydroxylation sites is 1. The fraction of sp³-hybridized carbons (Fsp3) is 0.455. The lowest BCUT2D eigenvalue weighted by Crippen LogP contribution is -3.13. The van der Waals surface area contributed by atoms with Crippen LogP contribution in [0.5, 0.6) is 0 Å². The molecule has 1 heterocycles. The van der Waals surface area contributed by atoms with E-state index in [0.717, 1.165) is 0 Å². The third-order valence-corrected chi connectivity index (χ3v) is 5.82. The number of rotatable bonds is 5. The maximum absolute atomic E-state index is 2.68. The SMILES string of the molecule is [I-].c1ccc(N(CC[NH+]2CCCCC2)C2Cc3ccccc3C2)cc1. The molecule has 2 nitrogen and oxygen atoms in total. The van der Waals surface area contributed by atoms with E-state index in [0.29, 0.717) is 6.04 Å². The topological polar surface area (TPSA) is 7.68 Å². The molecule has 0 aromatic heterocycles. The second-order valence-electron chi connectivity index (χ2n) is 7.42. The van der Waals surface area contributed by atoms with Crippen LogP contribution in [0.1, 0.15) is 30.4 Å². The molecule has 134 valence electrons. The molecule has 3 heteroatoms. The lowest BCUT2D eigenvalue weighted by atomic mass is 10.1. The van der Waals surface area contributed by atoms with Crippen molar-refractivity contribution in [2.45, 2.75) is 38.1 Å². The van der Waals surface area contributed by atoms with E-state index in [-0.39, 0.29) is 24.0 Å². The third-order valence-electron chi connectivity index (χ3n) is 5.82. The van der Waals surface area contributed by atoms with Crippen LogP contribution in [0.2, 0.25) is 0 Å². The molecule has 0 saturated carbocycles. The van der Waals surface area contributed by atoms with E-state index in [1.54, 1.807) is 16.0 Å². The second kappa shape index (κ2) is 9.04. The summed E-state index contributed by atoms with van der Waals surface area (Å²) >= 11 is 0. The van der Waals surface area contributed by atoms with Crippen LogP contribution in [0.4, 0.5) is 5.69 Å². The first-order valence-electron chi connectivity index (χ1n) is 9.62. The molecule has 1 aliphatic heterocycles. The van der Waals surface area contributed by atoms with Crippen molar-refractivity contribution >= 4 is 5.69 Å². The molecule has 1 N–H and O–H groups in total. The summed E-state index contributed by atoms with van der Waals surface area (Å²) in [5.41, 5.74) is 4.49. The van der Waals surface area contributed by atoms with E-state index in [4.69, 9.17) is 0 Å². The van der Waals surface area contributed by atoms with Gasteiger partial charge in [-0.05, 0) is 55.4 Å². The Labute approximate surface area is 169 Å². The largest absolute Gasteiger partial charge is 1.00 e. The summed E-state index contributed by atoms with van der Waals surface area (Å²) in [6, 6.07) is 20.7. The van der Waals surface area contributed by atoms with Gasteiger partial charge < -0.3 is 33.8 Å². The zero-order valence-electron chi connectivity index (χ0n) is 15.0. The van der Waals surface area contributed by atoms with E-state index < -0.39 is 0 Å². The quantitative estimate of drug-likeness (QED) is 0.620. The van der Waals surface area contributed by atoms with Gasteiger partial charge in [0.05, 0.1) is 26.2 Å². The number of quaternary nitrogens is 1. The number of benzene rings is 2. The number of nitrogens with zero attached hydrogens (tertiary/aromatic N) is 1. The highest BCUT2D eigenvalue weighted by atomic mass is 127. The summed E-state index contributed by atoms with van der Waals surface area (Å²) in [7, 11) is 0. The van der Waals surface area contributed by atoms with Crippen LogP contribution in [-0.4, -0.2) is 32.2 Å². The summed E-state index contributed by atoms with van der Waals surface area (Å²) in [4.78, 5) is 4.49. The molecule has 1 fully saturated rings. The van der Waals surface area contributed by atoms with Crippen molar-refractivity contribution in [3.63, 3.8) is 0 Å². The Morgan fingerprint density at radius 2 is 1.40 bits per heavy atom. The fourth-order valence-corrected chi connectivity index (χ4v) is 4.48. The minimum Gasteiger partial charge on any atom is -1.00 e. The molecule has 0 bridgehead atoms. The molecule has 2 aliphatic rings. The zero-order valence-corrected chi connectivity index (χ0v) is 17.1. The van der Waals surface area contributed by atoms with Gasteiger partial charge in [-0.25, -0.2) is 0 Å². The summed E-state index contributed by atoms with van der Waals surface area (Å²) in [5.74, 6) is 0. The van der Waals surface area contributed by atoms with Gasteiger partial charge in [-0.1, -0.05) is 42.5 Å². The molecule has 4 rings (SSSR count). The van der Waals surface area contributed by atoms with E-state index in [9.17, 15) is 0 Å². The Bertz CT molecular complexity index is 627. The van der Waals surface area contributed by atoms with E-state index >= 15 is 0 Å². The Morgan fingerprint density at radius 3 is 2.04 bits per heavy atom. The first-order chi connectivity index (χ1) is 11.9. The van der Waals surface area contributed by atoms with E-state index in [2.05, 4.69) is 59.5 Å². The number of nitrogens with one attached hydrogen (secondary N) is 1. The molecule has 2 aromatic carbocycles. The van der Waals surface area contributed by atoms with Crippen LogP contribution >= 0.6 is 0 Å². The van der Waals surface area contributed by atoms with Gasteiger partial charge in [-0.2, -0.15) is 0 Å². The van der Waals surface area contributed by atoms with Crippen LogP contribution in [0.25, 0.3) is 0 Å². The van der Waals surface area contributed by atoms with E-state index in [1.807, 2.05) is 0 Å². The molecule has 2 aromatic rings. The minimum atomic E-state index is 0. The molecular weight excluding hydrogens is 419 g/mol. The summed E-state index contributed by atoms with van der Waals surface area (Å²) < 4.78 is 0. The second-order valence-corrected chi connectivity index (χ2v) is 7.42. The predicted octanol–water partition coefficient (Wildman–Crippen LogP) is -0.267. The summed E-state index contributed by atoms with van der Waals surface area (Å²) in [5, 5.41) is 0. The Kier molecular flexibility index (Phi) is 6.77. The normalized spacial score (nSPS) is 17.8. The van der Waals surface area contributed by atoms with Gasteiger partial charge in [0.25, 0.3) is 0 Å². The Balaban J connectivity index is 0.00000182. The third kappa shape index (κ3) is 4.56. The molecular formula is C22H29IN2. The van der Waals surface area contributed by atoms with Crippen molar-refractivity contribution in [2.24, 2.45) is 0 Å². The number of fused-ring (bicyclic) bond motifs is 1. The molecule has 0 radical (unpaired) electrons. The molecule has 1 saturated heterocycles. The van der Waals surface area contributed by atoms with Gasteiger partial charge in [0.15, 0.2) is 0 Å². The number of anilines is 1. The molecule has 1 aliphatic carbocycles. The molecule has 25 heavy (non-hydrogen) atoms. The maximum atomic E-state index is 2.68. The smallest absolute Gasteiger partial charge is 0.0949 e. The highest BCUT2D eigenvalue weighted by molar-refractivity contribution is 5.49. The number of hydrogen-bond acceptors (Lipinski definition) is 1. The van der Waals surface area contributed by atoms with Gasteiger partial charge in [0.2, 0.25) is 0 Å². The van der Waals surface area contributed by atoms with Crippen LogP contribution in [0.3, 0.4) is 0 Å². The van der Waals surface area contributed by atoms with Gasteiger partial charge >= 0.3 is 0 Å². The molecule has 0 atom stereocenters. The monoisotopic (exact) mass is 448 g/mol. The van der Waals surface area contributed by atoms with Crippen molar-refractivity contribution in [2.75, 3.05) is 31.1 Å². The summed E-state index contributed by atoms with van der Waals surface area (Å²) in [6.07, 6.45) is 6.65. The lowest BCUT2D eigenvalue weighted by molar-refractivity contribution is -0.903. The van der Waals surface area contributed by atoms with Gasteiger partial charge in [-0.15, -0.1) is 0 Å². The highest BCUT2D eigenvalue weighted by Crippen LogP contribution is 2.28. The highest BCUT2D eigenvalue weighted by Gasteiger charge is 2.27. The number of hydrogen-bond donors (Lipinski definition) is 1. The van der Waals surface area contributed by atoms with Crippen molar-refractivity contribution in [3.05, 3.63) is 65.7 Å². The summed E-state index contributed by atoms with van der Waals surface area (Å²) in [6.45, 7) is 5.20. The van der Waals surface area contributed by atoms with Crippen LogP contribution < -0.4 is 33.8 Å². The van der Waals surface area contributed by atoms with Crippen molar-refractivity contribution < 1.29 is 28.9 Å².